The Labute approximate surface area is 109 Å². The average molecular weight is 263 g/mol. The number of phenolic OH excluding ortho intramolecular Hbond substituents is 1. The van der Waals surface area contributed by atoms with Gasteiger partial charge in [-0.25, -0.2) is 5.84 Å². The number of halogens is 1. The molecule has 0 unspecified atom stereocenters. The Kier molecular flexibility index (Phi) is 3.76. The van der Waals surface area contributed by atoms with Gasteiger partial charge in [-0.2, -0.15) is 10.2 Å². The zero-order valence-corrected chi connectivity index (χ0v) is 10.1. The summed E-state index contributed by atoms with van der Waals surface area (Å²) in [6.07, 6.45) is 3.19. The zero-order chi connectivity index (χ0) is 13.0. The van der Waals surface area contributed by atoms with Crippen molar-refractivity contribution in [3.8, 4) is 5.75 Å². The minimum absolute atomic E-state index is 0.00234. The van der Waals surface area contributed by atoms with E-state index in [0.29, 0.717) is 11.4 Å². The molecule has 6 heteroatoms. The molecule has 0 saturated heterocycles. The molecule has 0 spiro atoms. The third kappa shape index (κ3) is 2.97. The summed E-state index contributed by atoms with van der Waals surface area (Å²) in [5.74, 6) is 5.73. The fourth-order valence-electron chi connectivity index (χ4n) is 1.28. The molecule has 3 N–H and O–H groups in total. The monoisotopic (exact) mass is 262 g/mol. The summed E-state index contributed by atoms with van der Waals surface area (Å²) in [5.41, 5.74) is 1.25. The number of hydrogen-bond acceptors (Lipinski definition) is 5. The molecular formula is C12H11ClN4O. The van der Waals surface area contributed by atoms with Crippen molar-refractivity contribution in [1.29, 1.82) is 0 Å². The molecule has 1 aromatic carbocycles. The SMILES string of the molecule is NN(/N=C/c1ccccn1)c1ccc(O)c(Cl)c1. The lowest BCUT2D eigenvalue weighted by Crippen LogP contribution is -2.24. The first-order valence-electron chi connectivity index (χ1n) is 5.15. The van der Waals surface area contributed by atoms with Crippen LogP contribution in [0.3, 0.4) is 0 Å². The fraction of sp³-hybridized carbons (Fsp3) is 0. The highest BCUT2D eigenvalue weighted by Gasteiger charge is 2.03. The molecule has 0 aliphatic carbocycles. The number of nitrogens with two attached hydrogens (primary N) is 1. The van der Waals surface area contributed by atoms with Crippen LogP contribution in [0.1, 0.15) is 5.69 Å². The van der Waals surface area contributed by atoms with E-state index in [9.17, 15) is 5.11 Å². The lowest BCUT2D eigenvalue weighted by molar-refractivity contribution is 0.475. The Morgan fingerprint density at radius 1 is 1.33 bits per heavy atom. The van der Waals surface area contributed by atoms with E-state index < -0.39 is 0 Å². The number of aromatic nitrogens is 1. The lowest BCUT2D eigenvalue weighted by atomic mass is 10.3. The number of hydrogen-bond donors (Lipinski definition) is 2. The van der Waals surface area contributed by atoms with E-state index in [0.717, 1.165) is 5.12 Å². The van der Waals surface area contributed by atoms with Gasteiger partial charge in [0.2, 0.25) is 0 Å². The number of pyridine rings is 1. The maximum absolute atomic E-state index is 9.29. The standard InChI is InChI=1S/C12H11ClN4O/c13-11-7-10(4-5-12(11)18)17(14)16-8-9-3-1-2-6-15-9/h1-8,18H,14H2/b16-8+. The lowest BCUT2D eigenvalue weighted by Gasteiger charge is -2.12. The van der Waals surface area contributed by atoms with Gasteiger partial charge in [-0.3, -0.25) is 4.98 Å². The van der Waals surface area contributed by atoms with Crippen molar-refractivity contribution in [2.45, 2.75) is 0 Å². The van der Waals surface area contributed by atoms with Crippen LogP contribution in [0, 0.1) is 0 Å². The van der Waals surface area contributed by atoms with Crippen LogP contribution in [0.5, 0.6) is 5.75 Å². The van der Waals surface area contributed by atoms with Gasteiger partial charge < -0.3 is 5.11 Å². The summed E-state index contributed by atoms with van der Waals surface area (Å²) in [6.45, 7) is 0. The molecular weight excluding hydrogens is 252 g/mol. The van der Waals surface area contributed by atoms with E-state index >= 15 is 0 Å². The Morgan fingerprint density at radius 2 is 2.17 bits per heavy atom. The predicted molar refractivity (Wildman–Crippen MR) is 71.6 cm³/mol. The number of anilines is 1. The minimum atomic E-state index is 0.00234. The summed E-state index contributed by atoms with van der Waals surface area (Å²) < 4.78 is 0. The number of hydrazone groups is 1. The van der Waals surface area contributed by atoms with Crippen molar-refractivity contribution < 1.29 is 5.11 Å². The zero-order valence-electron chi connectivity index (χ0n) is 9.36. The maximum Gasteiger partial charge on any atom is 0.134 e. The molecule has 0 amide bonds. The molecule has 0 aliphatic heterocycles. The molecule has 1 aromatic heterocycles. The van der Waals surface area contributed by atoms with Crippen LogP contribution in [0.4, 0.5) is 5.69 Å². The van der Waals surface area contributed by atoms with Crippen molar-refractivity contribution in [3.05, 3.63) is 53.3 Å². The second kappa shape index (κ2) is 5.48. The van der Waals surface area contributed by atoms with E-state index in [1.807, 2.05) is 12.1 Å². The van der Waals surface area contributed by atoms with E-state index in [2.05, 4.69) is 10.1 Å². The number of hydrazine groups is 1. The highest BCUT2D eigenvalue weighted by atomic mass is 35.5. The van der Waals surface area contributed by atoms with Crippen LogP contribution in [0.2, 0.25) is 5.02 Å². The van der Waals surface area contributed by atoms with E-state index in [4.69, 9.17) is 17.4 Å². The molecule has 0 saturated carbocycles. The summed E-state index contributed by atoms with van der Waals surface area (Å²) in [6, 6.07) is 10.1. The van der Waals surface area contributed by atoms with Gasteiger partial charge in [-0.05, 0) is 30.3 Å². The molecule has 0 fully saturated rings. The third-order valence-electron chi connectivity index (χ3n) is 2.20. The normalized spacial score (nSPS) is 10.8. The Morgan fingerprint density at radius 3 is 2.83 bits per heavy atom. The van der Waals surface area contributed by atoms with Crippen LogP contribution >= 0.6 is 11.6 Å². The molecule has 5 nitrogen and oxygen atoms in total. The van der Waals surface area contributed by atoms with Crippen molar-refractivity contribution in [2.75, 3.05) is 5.12 Å². The van der Waals surface area contributed by atoms with Gasteiger partial charge >= 0.3 is 0 Å². The van der Waals surface area contributed by atoms with Crippen LogP contribution < -0.4 is 11.0 Å². The first-order valence-corrected chi connectivity index (χ1v) is 5.53. The highest BCUT2D eigenvalue weighted by molar-refractivity contribution is 6.32. The van der Waals surface area contributed by atoms with Gasteiger partial charge in [0.25, 0.3) is 0 Å². The van der Waals surface area contributed by atoms with Gasteiger partial charge in [0.05, 0.1) is 22.6 Å². The van der Waals surface area contributed by atoms with Crippen LogP contribution in [0.15, 0.2) is 47.7 Å². The number of rotatable bonds is 3. The molecule has 0 bridgehead atoms. The van der Waals surface area contributed by atoms with Crippen molar-refractivity contribution in [3.63, 3.8) is 0 Å². The average Bonchev–Trinajstić information content (AvgIpc) is 2.40. The number of benzene rings is 1. The number of phenols is 1. The summed E-state index contributed by atoms with van der Waals surface area (Å²) in [7, 11) is 0. The molecule has 92 valence electrons. The number of nitrogens with zero attached hydrogens (tertiary/aromatic N) is 3. The molecule has 2 aromatic rings. The molecule has 0 aliphatic rings. The maximum atomic E-state index is 9.29. The molecule has 0 radical (unpaired) electrons. The van der Waals surface area contributed by atoms with Gasteiger partial charge in [0.15, 0.2) is 0 Å². The second-order valence-corrected chi connectivity index (χ2v) is 3.89. The Hall–Kier alpha value is -2.11. The van der Waals surface area contributed by atoms with Crippen LogP contribution in [-0.4, -0.2) is 16.3 Å². The molecule has 18 heavy (non-hydrogen) atoms. The van der Waals surface area contributed by atoms with E-state index in [-0.39, 0.29) is 10.8 Å². The predicted octanol–water partition coefficient (Wildman–Crippen LogP) is 2.15. The van der Waals surface area contributed by atoms with E-state index in [1.165, 1.54) is 18.3 Å². The van der Waals surface area contributed by atoms with Crippen molar-refractivity contribution in [2.24, 2.45) is 10.9 Å². The van der Waals surface area contributed by atoms with Gasteiger partial charge in [-0.15, -0.1) is 0 Å². The van der Waals surface area contributed by atoms with Crippen molar-refractivity contribution >= 4 is 23.5 Å². The first kappa shape index (κ1) is 12.3. The van der Waals surface area contributed by atoms with Crippen LogP contribution in [0.25, 0.3) is 0 Å². The van der Waals surface area contributed by atoms with E-state index in [1.54, 1.807) is 18.3 Å². The third-order valence-corrected chi connectivity index (χ3v) is 2.50. The fourth-order valence-corrected chi connectivity index (χ4v) is 1.45. The summed E-state index contributed by atoms with van der Waals surface area (Å²) in [5, 5.41) is 14.7. The largest absolute Gasteiger partial charge is 0.506 e. The molecule has 0 atom stereocenters. The number of aromatic hydroxyl groups is 1. The topological polar surface area (TPSA) is 74.7 Å². The highest BCUT2D eigenvalue weighted by Crippen LogP contribution is 2.27. The molecule has 2 rings (SSSR count). The first-order chi connectivity index (χ1) is 8.66. The van der Waals surface area contributed by atoms with Gasteiger partial charge in [0, 0.05) is 6.20 Å². The van der Waals surface area contributed by atoms with Gasteiger partial charge in [0.1, 0.15) is 5.75 Å². The second-order valence-electron chi connectivity index (χ2n) is 3.48. The Bertz CT molecular complexity index is 559. The van der Waals surface area contributed by atoms with Crippen molar-refractivity contribution in [1.82, 2.24) is 4.98 Å². The van der Waals surface area contributed by atoms with Gasteiger partial charge in [-0.1, -0.05) is 17.7 Å². The quantitative estimate of drug-likeness (QED) is 0.505. The smallest absolute Gasteiger partial charge is 0.134 e. The summed E-state index contributed by atoms with van der Waals surface area (Å²) >= 11 is 5.78. The molecule has 1 heterocycles. The summed E-state index contributed by atoms with van der Waals surface area (Å²) in [4.78, 5) is 4.08. The van der Waals surface area contributed by atoms with Crippen LogP contribution in [-0.2, 0) is 0 Å². The minimum Gasteiger partial charge on any atom is -0.506 e. The Balaban J connectivity index is 2.14.